The highest BCUT2D eigenvalue weighted by molar-refractivity contribution is 6.05. The Balaban J connectivity index is 1.42. The normalized spacial score (nSPS) is 20.8. The van der Waals surface area contributed by atoms with Crippen LogP contribution >= 0.6 is 0 Å². The average Bonchev–Trinajstić information content (AvgIpc) is 3.31. The quantitative estimate of drug-likeness (QED) is 0.227. The van der Waals surface area contributed by atoms with Crippen LogP contribution in [-0.4, -0.2) is 92.5 Å². The predicted molar refractivity (Wildman–Crippen MR) is 192 cm³/mol. The first-order valence-corrected chi connectivity index (χ1v) is 17.3. The van der Waals surface area contributed by atoms with Crippen LogP contribution in [0.3, 0.4) is 0 Å². The minimum absolute atomic E-state index is 0.123. The third-order valence-corrected chi connectivity index (χ3v) is 10.4. The monoisotopic (exact) mass is 643 g/mol. The molecule has 0 radical (unpaired) electrons. The van der Waals surface area contributed by atoms with Gasteiger partial charge in [-0.3, -0.25) is 9.69 Å². The van der Waals surface area contributed by atoms with Gasteiger partial charge in [-0.05, 0) is 53.1 Å². The van der Waals surface area contributed by atoms with Crippen molar-refractivity contribution in [2.75, 3.05) is 69.5 Å². The zero-order valence-corrected chi connectivity index (χ0v) is 28.4. The van der Waals surface area contributed by atoms with Gasteiger partial charge in [0.25, 0.3) is 5.91 Å². The molecule has 7 heteroatoms. The number of carbonyl (C=O) groups is 1. The summed E-state index contributed by atoms with van der Waals surface area (Å²) < 4.78 is 13.7. The third kappa shape index (κ3) is 6.37. The Morgan fingerprint density at radius 2 is 1.17 bits per heavy atom. The van der Waals surface area contributed by atoms with E-state index in [0.29, 0.717) is 6.42 Å². The summed E-state index contributed by atoms with van der Waals surface area (Å²) in [5.41, 5.74) is 7.65. The third-order valence-electron chi connectivity index (χ3n) is 10.4. The van der Waals surface area contributed by atoms with E-state index in [4.69, 9.17) is 9.47 Å². The van der Waals surface area contributed by atoms with Gasteiger partial charge in [0.05, 0.1) is 32.3 Å². The second-order valence-electron chi connectivity index (χ2n) is 13.5. The Bertz CT molecular complexity index is 1650. The second kappa shape index (κ2) is 14.0. The lowest BCUT2D eigenvalue weighted by Gasteiger charge is -2.31. The molecule has 0 bridgehead atoms. The van der Waals surface area contributed by atoms with E-state index in [9.17, 15) is 4.79 Å². The lowest BCUT2D eigenvalue weighted by Crippen LogP contribution is -2.47. The summed E-state index contributed by atoms with van der Waals surface area (Å²) in [6, 6.07) is 38.9. The van der Waals surface area contributed by atoms with E-state index in [1.807, 2.05) is 18.0 Å². The number of amides is 1. The molecule has 3 fully saturated rings. The maximum atomic E-state index is 14.2. The maximum Gasteiger partial charge on any atom is 0.296 e. The molecule has 0 N–H and O–H groups in total. The van der Waals surface area contributed by atoms with Gasteiger partial charge < -0.3 is 19.3 Å². The molecular formula is C41H47N4O3+. The number of nitrogens with zero attached hydrogens (tertiary/aromatic N) is 4. The molecule has 3 saturated heterocycles. The van der Waals surface area contributed by atoms with Crippen LogP contribution in [0.15, 0.2) is 109 Å². The highest BCUT2D eigenvalue weighted by Gasteiger charge is 2.57. The average molecular weight is 644 g/mol. The van der Waals surface area contributed by atoms with E-state index >= 15 is 0 Å². The number of morpholine rings is 2. The first-order valence-electron chi connectivity index (χ1n) is 17.3. The number of carbonyl (C=O) groups excluding carboxylic acids is 1. The molecule has 1 amide bonds. The van der Waals surface area contributed by atoms with Gasteiger partial charge in [0.15, 0.2) is 5.71 Å². The summed E-state index contributed by atoms with van der Waals surface area (Å²) >= 11 is 0. The fourth-order valence-corrected chi connectivity index (χ4v) is 7.59. The van der Waals surface area contributed by atoms with E-state index in [2.05, 4.69) is 131 Å². The molecule has 0 unspecified atom stereocenters. The summed E-state index contributed by atoms with van der Waals surface area (Å²) in [4.78, 5) is 21.0. The molecular weight excluding hydrogens is 596 g/mol. The van der Waals surface area contributed by atoms with Crippen LogP contribution in [0.1, 0.15) is 42.0 Å². The van der Waals surface area contributed by atoms with Gasteiger partial charge in [0.1, 0.15) is 0 Å². The van der Waals surface area contributed by atoms with Crippen LogP contribution < -0.4 is 9.80 Å². The molecule has 0 spiro atoms. The summed E-state index contributed by atoms with van der Waals surface area (Å²) in [5.74, 6) is 0.0168. The van der Waals surface area contributed by atoms with Crippen LogP contribution in [0.25, 0.3) is 0 Å². The summed E-state index contributed by atoms with van der Waals surface area (Å²) in [6.07, 6.45) is 0.627. The Labute approximate surface area is 285 Å². The topological polar surface area (TPSA) is 48.3 Å². The van der Waals surface area contributed by atoms with Crippen molar-refractivity contribution in [1.29, 1.82) is 0 Å². The zero-order chi connectivity index (χ0) is 33.1. The molecule has 3 aliphatic rings. The number of hydrogen-bond acceptors (Lipinski definition) is 5. The number of hydrogen-bond donors (Lipinski definition) is 0. The molecule has 0 aliphatic carbocycles. The lowest BCUT2D eigenvalue weighted by molar-refractivity contribution is -0.621. The van der Waals surface area contributed by atoms with Crippen LogP contribution in [-0.2, 0) is 20.7 Å². The van der Waals surface area contributed by atoms with Crippen molar-refractivity contribution < 1.29 is 18.8 Å². The molecule has 0 aromatic heterocycles. The van der Waals surface area contributed by atoms with Crippen LogP contribution in [0.4, 0.5) is 11.4 Å². The van der Waals surface area contributed by atoms with Crippen molar-refractivity contribution in [2.24, 2.45) is 0 Å². The second-order valence-corrected chi connectivity index (χ2v) is 13.5. The predicted octanol–water partition coefficient (Wildman–Crippen LogP) is 5.81. The van der Waals surface area contributed by atoms with Gasteiger partial charge in [-0.15, -0.1) is 0 Å². The number of benzene rings is 4. The molecule has 4 aromatic carbocycles. The highest BCUT2D eigenvalue weighted by atomic mass is 16.5. The highest BCUT2D eigenvalue weighted by Crippen LogP contribution is 2.37. The maximum absolute atomic E-state index is 14.2. The van der Waals surface area contributed by atoms with E-state index in [-0.39, 0.29) is 17.9 Å². The number of likely N-dealkylation sites (N-methyl/N-ethyl adjacent to an activating group) is 1. The SMILES string of the molecule is CN1C(=O)[C@H](Cc2ccccc2)/[N+](=C(/c2ccccc2)C(c2ccc(N3CCOCC3)cc2)c2ccc(N3CCOCC3)cc2)C1(C)C. The molecule has 3 heterocycles. The summed E-state index contributed by atoms with van der Waals surface area (Å²) in [7, 11) is 1.95. The molecule has 7 nitrogen and oxygen atoms in total. The van der Waals surface area contributed by atoms with Gasteiger partial charge in [-0.25, -0.2) is 0 Å². The molecule has 1 atom stereocenters. The van der Waals surface area contributed by atoms with Crippen molar-refractivity contribution in [3.8, 4) is 0 Å². The van der Waals surface area contributed by atoms with Crippen molar-refractivity contribution in [1.82, 2.24) is 4.90 Å². The van der Waals surface area contributed by atoms with E-state index in [0.717, 1.165) is 69.4 Å². The smallest absolute Gasteiger partial charge is 0.296 e. The van der Waals surface area contributed by atoms with Crippen LogP contribution in [0, 0.1) is 0 Å². The van der Waals surface area contributed by atoms with Gasteiger partial charge >= 0.3 is 0 Å². The largest absolute Gasteiger partial charge is 0.378 e. The van der Waals surface area contributed by atoms with Crippen molar-refractivity contribution in [2.45, 2.75) is 37.9 Å². The summed E-state index contributed by atoms with van der Waals surface area (Å²) in [6.45, 7) is 10.9. The van der Waals surface area contributed by atoms with Crippen molar-refractivity contribution >= 4 is 23.0 Å². The Kier molecular flexibility index (Phi) is 9.33. The number of rotatable bonds is 8. The molecule has 248 valence electrons. The Morgan fingerprint density at radius 1 is 0.708 bits per heavy atom. The first-order chi connectivity index (χ1) is 23.4. The number of anilines is 2. The minimum Gasteiger partial charge on any atom is -0.378 e. The van der Waals surface area contributed by atoms with Crippen molar-refractivity contribution in [3.05, 3.63) is 131 Å². The van der Waals surface area contributed by atoms with E-state index < -0.39 is 5.66 Å². The van der Waals surface area contributed by atoms with E-state index in [1.165, 1.54) is 22.5 Å². The van der Waals surface area contributed by atoms with E-state index in [1.54, 1.807) is 0 Å². The molecule has 0 saturated carbocycles. The fourth-order valence-electron chi connectivity index (χ4n) is 7.59. The molecule has 4 aromatic rings. The lowest BCUT2D eigenvalue weighted by atomic mass is 9.82. The van der Waals surface area contributed by atoms with Gasteiger partial charge in [0.2, 0.25) is 11.7 Å². The van der Waals surface area contributed by atoms with Crippen LogP contribution in [0.5, 0.6) is 0 Å². The zero-order valence-electron chi connectivity index (χ0n) is 28.4. The molecule has 48 heavy (non-hydrogen) atoms. The summed E-state index contributed by atoms with van der Waals surface area (Å²) in [5, 5.41) is 0. The van der Waals surface area contributed by atoms with Crippen molar-refractivity contribution in [3.63, 3.8) is 0 Å². The molecule has 7 rings (SSSR count). The van der Waals surface area contributed by atoms with Crippen LogP contribution in [0.2, 0.25) is 0 Å². The first kappa shape index (κ1) is 32.1. The Morgan fingerprint density at radius 3 is 1.65 bits per heavy atom. The minimum atomic E-state index is -0.568. The van der Waals surface area contributed by atoms with Gasteiger partial charge in [0, 0.05) is 70.4 Å². The number of ether oxygens (including phenoxy) is 2. The Hall–Kier alpha value is -4.46. The van der Waals surface area contributed by atoms with Gasteiger partial charge in [-0.1, -0.05) is 72.8 Å². The van der Waals surface area contributed by atoms with Gasteiger partial charge in [-0.2, -0.15) is 4.58 Å². The molecule has 3 aliphatic heterocycles. The fraction of sp³-hybridized carbons (Fsp3) is 0.366. The standard InChI is InChI=1S/C41H47N4O3/c1-41(2)42(3)40(46)37(30-31-10-6-4-7-11-31)45(41)39(34-12-8-5-9-13-34)38(32-14-18-35(19-15-32)43-22-26-47-27-23-43)33-16-20-36(21-17-33)44-24-28-48-29-25-44/h4-21,37-38H,22-30H2,1-3H3/q+1/b45-39+/t37-/m0/s1.